The number of hydrogen-bond donors (Lipinski definition) is 2. The molecule has 1 aliphatic heterocycles. The van der Waals surface area contributed by atoms with Crippen LogP contribution in [0.3, 0.4) is 0 Å². The Labute approximate surface area is 168 Å². The van der Waals surface area contributed by atoms with E-state index in [1.807, 2.05) is 36.5 Å². The Balaban J connectivity index is 1.44. The summed E-state index contributed by atoms with van der Waals surface area (Å²) in [5.41, 5.74) is 4.20. The number of ether oxygens (including phenoxy) is 1. The molecule has 0 saturated carbocycles. The van der Waals surface area contributed by atoms with Crippen molar-refractivity contribution >= 4 is 17.5 Å². The van der Waals surface area contributed by atoms with Crippen LogP contribution in [-0.2, 0) is 11.2 Å². The lowest BCUT2D eigenvalue weighted by molar-refractivity contribution is -0.121. The number of nitrogens with one attached hydrogen (secondary N) is 2. The first-order chi connectivity index (χ1) is 14.0. The standard InChI is InChI=1S/C22H22N4O3/c1-26(2)22(28)15-5-8-20-16(9-15)10-17(13-29-20)21(27)25-19-6-3-14(4-7-19)18-11-23-24-12-18/h3-9,11-12,17H,10,13H2,1-2H3,(H,23,24)(H,25,27). The number of rotatable bonds is 4. The number of hydrogen-bond acceptors (Lipinski definition) is 4. The first kappa shape index (κ1) is 18.7. The maximum absolute atomic E-state index is 12.7. The number of fused-ring (bicyclic) bond motifs is 1. The second-order valence-corrected chi connectivity index (χ2v) is 7.29. The van der Waals surface area contributed by atoms with Crippen molar-refractivity contribution in [3.8, 4) is 16.9 Å². The van der Waals surface area contributed by atoms with Gasteiger partial charge in [-0.05, 0) is 47.9 Å². The molecule has 1 aromatic heterocycles. The molecule has 2 heterocycles. The minimum absolute atomic E-state index is 0.0721. The fraction of sp³-hybridized carbons (Fsp3) is 0.227. The molecule has 2 amide bonds. The summed E-state index contributed by atoms with van der Waals surface area (Å²) in [6.07, 6.45) is 4.10. The monoisotopic (exact) mass is 390 g/mol. The van der Waals surface area contributed by atoms with Crippen molar-refractivity contribution in [2.75, 3.05) is 26.0 Å². The van der Waals surface area contributed by atoms with E-state index < -0.39 is 0 Å². The van der Waals surface area contributed by atoms with Gasteiger partial charge in [0.15, 0.2) is 0 Å². The molecule has 1 unspecified atom stereocenters. The van der Waals surface area contributed by atoms with E-state index >= 15 is 0 Å². The summed E-state index contributed by atoms with van der Waals surface area (Å²) in [6.45, 7) is 0.312. The average Bonchev–Trinajstić information content (AvgIpc) is 3.27. The number of carbonyl (C=O) groups is 2. The van der Waals surface area contributed by atoms with E-state index in [0.29, 0.717) is 18.6 Å². The van der Waals surface area contributed by atoms with Gasteiger partial charge in [0.25, 0.3) is 5.91 Å². The Kier molecular flexibility index (Phi) is 5.03. The zero-order chi connectivity index (χ0) is 20.4. The van der Waals surface area contributed by atoms with Crippen molar-refractivity contribution in [1.29, 1.82) is 0 Å². The molecule has 1 aliphatic rings. The fourth-order valence-corrected chi connectivity index (χ4v) is 3.35. The molecule has 0 radical (unpaired) electrons. The van der Waals surface area contributed by atoms with Crippen LogP contribution in [0.15, 0.2) is 54.9 Å². The lowest BCUT2D eigenvalue weighted by Gasteiger charge is -2.25. The first-order valence-corrected chi connectivity index (χ1v) is 9.39. The van der Waals surface area contributed by atoms with E-state index in [2.05, 4.69) is 15.5 Å². The molecule has 4 rings (SSSR count). The van der Waals surface area contributed by atoms with Gasteiger partial charge in [-0.3, -0.25) is 14.7 Å². The van der Waals surface area contributed by atoms with Crippen LogP contribution in [0.5, 0.6) is 5.75 Å². The topological polar surface area (TPSA) is 87.3 Å². The number of aromatic amines is 1. The van der Waals surface area contributed by atoms with Gasteiger partial charge in [0.2, 0.25) is 5.91 Å². The number of carbonyl (C=O) groups excluding carboxylic acids is 2. The molecular formula is C22H22N4O3. The van der Waals surface area contributed by atoms with Crippen LogP contribution in [0.4, 0.5) is 5.69 Å². The molecule has 2 aromatic carbocycles. The highest BCUT2D eigenvalue weighted by Gasteiger charge is 2.27. The zero-order valence-electron chi connectivity index (χ0n) is 16.3. The minimum Gasteiger partial charge on any atom is -0.492 e. The third-order valence-corrected chi connectivity index (χ3v) is 4.97. The van der Waals surface area contributed by atoms with Gasteiger partial charge in [-0.2, -0.15) is 5.10 Å². The molecule has 0 saturated heterocycles. The van der Waals surface area contributed by atoms with E-state index in [1.165, 1.54) is 4.90 Å². The zero-order valence-corrected chi connectivity index (χ0v) is 16.3. The maximum atomic E-state index is 12.7. The number of aromatic nitrogens is 2. The molecule has 3 aromatic rings. The molecule has 2 N–H and O–H groups in total. The van der Waals surface area contributed by atoms with Crippen molar-refractivity contribution in [2.45, 2.75) is 6.42 Å². The molecule has 0 aliphatic carbocycles. The Bertz CT molecular complexity index is 1030. The van der Waals surface area contributed by atoms with Gasteiger partial charge in [-0.15, -0.1) is 0 Å². The molecule has 29 heavy (non-hydrogen) atoms. The maximum Gasteiger partial charge on any atom is 0.253 e. The lowest BCUT2D eigenvalue weighted by Crippen LogP contribution is -2.33. The summed E-state index contributed by atoms with van der Waals surface area (Å²) in [5.74, 6) is 0.239. The second-order valence-electron chi connectivity index (χ2n) is 7.29. The third-order valence-electron chi connectivity index (χ3n) is 4.97. The highest BCUT2D eigenvalue weighted by molar-refractivity contribution is 5.95. The van der Waals surface area contributed by atoms with Crippen molar-refractivity contribution < 1.29 is 14.3 Å². The van der Waals surface area contributed by atoms with Crippen molar-refractivity contribution in [3.05, 3.63) is 66.0 Å². The molecule has 148 valence electrons. The number of amides is 2. The highest BCUT2D eigenvalue weighted by Crippen LogP contribution is 2.29. The summed E-state index contributed by atoms with van der Waals surface area (Å²) >= 11 is 0. The quantitative estimate of drug-likeness (QED) is 0.717. The van der Waals surface area contributed by atoms with Crippen LogP contribution < -0.4 is 10.1 Å². The predicted octanol–water partition coefficient (Wildman–Crippen LogP) is 2.97. The summed E-state index contributed by atoms with van der Waals surface area (Å²) in [7, 11) is 3.43. The molecule has 7 heteroatoms. The van der Waals surface area contributed by atoms with E-state index in [4.69, 9.17) is 4.74 Å². The molecule has 0 bridgehead atoms. The van der Waals surface area contributed by atoms with Crippen LogP contribution in [0, 0.1) is 5.92 Å². The van der Waals surface area contributed by atoms with Gasteiger partial charge >= 0.3 is 0 Å². The van der Waals surface area contributed by atoms with Gasteiger partial charge < -0.3 is 15.0 Å². The Morgan fingerprint density at radius 3 is 2.62 bits per heavy atom. The first-order valence-electron chi connectivity index (χ1n) is 9.39. The van der Waals surface area contributed by atoms with Gasteiger partial charge in [0.1, 0.15) is 12.4 Å². The van der Waals surface area contributed by atoms with E-state index in [1.54, 1.807) is 32.4 Å². The number of benzene rings is 2. The summed E-state index contributed by atoms with van der Waals surface area (Å²) in [6, 6.07) is 13.0. The predicted molar refractivity (Wildman–Crippen MR) is 110 cm³/mol. The van der Waals surface area contributed by atoms with E-state index in [0.717, 1.165) is 28.1 Å². The van der Waals surface area contributed by atoms with Crippen LogP contribution in [0.25, 0.3) is 11.1 Å². The van der Waals surface area contributed by atoms with Crippen molar-refractivity contribution in [3.63, 3.8) is 0 Å². The third kappa shape index (κ3) is 3.99. The van der Waals surface area contributed by atoms with E-state index in [-0.39, 0.29) is 17.7 Å². The lowest BCUT2D eigenvalue weighted by atomic mass is 9.94. The number of H-pyrrole nitrogens is 1. The fourth-order valence-electron chi connectivity index (χ4n) is 3.35. The number of nitrogens with zero attached hydrogens (tertiary/aromatic N) is 2. The molecule has 1 atom stereocenters. The average molecular weight is 390 g/mol. The molecule has 7 nitrogen and oxygen atoms in total. The van der Waals surface area contributed by atoms with Gasteiger partial charge in [-0.1, -0.05) is 12.1 Å². The van der Waals surface area contributed by atoms with Crippen LogP contribution >= 0.6 is 0 Å². The molecule has 0 spiro atoms. The highest BCUT2D eigenvalue weighted by atomic mass is 16.5. The smallest absolute Gasteiger partial charge is 0.253 e. The summed E-state index contributed by atoms with van der Waals surface area (Å²) < 4.78 is 5.76. The minimum atomic E-state index is -0.319. The van der Waals surface area contributed by atoms with E-state index in [9.17, 15) is 9.59 Å². The van der Waals surface area contributed by atoms with Crippen LogP contribution in [0.2, 0.25) is 0 Å². The van der Waals surface area contributed by atoms with Crippen molar-refractivity contribution in [1.82, 2.24) is 15.1 Å². The van der Waals surface area contributed by atoms with Crippen LogP contribution in [-0.4, -0.2) is 47.6 Å². The van der Waals surface area contributed by atoms with Gasteiger partial charge in [0, 0.05) is 37.1 Å². The van der Waals surface area contributed by atoms with Gasteiger partial charge in [-0.25, -0.2) is 0 Å². The van der Waals surface area contributed by atoms with Gasteiger partial charge in [0.05, 0.1) is 12.1 Å². The van der Waals surface area contributed by atoms with Crippen LogP contribution in [0.1, 0.15) is 15.9 Å². The molecular weight excluding hydrogens is 368 g/mol. The second kappa shape index (κ2) is 7.79. The summed E-state index contributed by atoms with van der Waals surface area (Å²) in [4.78, 5) is 26.5. The largest absolute Gasteiger partial charge is 0.492 e. The SMILES string of the molecule is CN(C)C(=O)c1ccc2c(c1)CC(C(=O)Nc1ccc(-c3cn[nH]c3)cc1)CO2. The molecule has 0 fully saturated rings. The Hall–Kier alpha value is -3.61. The van der Waals surface area contributed by atoms with Crippen molar-refractivity contribution in [2.24, 2.45) is 5.92 Å². The normalized spacial score (nSPS) is 15.2. The Morgan fingerprint density at radius 2 is 1.93 bits per heavy atom. The summed E-state index contributed by atoms with van der Waals surface area (Å²) in [5, 5.41) is 9.68. The Morgan fingerprint density at radius 1 is 1.14 bits per heavy atom. The number of anilines is 1.